The lowest BCUT2D eigenvalue weighted by Gasteiger charge is -2.26. The fourth-order valence-corrected chi connectivity index (χ4v) is 3.90. The number of benzene rings is 1. The monoisotopic (exact) mass is 390 g/mol. The van der Waals surface area contributed by atoms with Crippen LogP contribution < -0.4 is 9.47 Å². The number of aliphatic carboxylic acids is 1. The summed E-state index contributed by atoms with van der Waals surface area (Å²) in [6.07, 6.45) is 18.5. The number of unbranched alkanes of at least 4 members (excludes halogenated alkanes) is 10. The molecule has 158 valence electrons. The van der Waals surface area contributed by atoms with Crippen LogP contribution in [0.15, 0.2) is 18.2 Å². The van der Waals surface area contributed by atoms with Crippen molar-refractivity contribution in [3.8, 4) is 11.5 Å². The average molecular weight is 391 g/mol. The Morgan fingerprint density at radius 2 is 1.68 bits per heavy atom. The molecule has 1 aliphatic heterocycles. The molecule has 0 radical (unpaired) electrons. The van der Waals surface area contributed by atoms with Crippen molar-refractivity contribution in [2.75, 3.05) is 6.61 Å². The fraction of sp³-hybridized carbons (Fsp3) is 0.708. The number of carboxylic acid groups (broad SMARTS) is 1. The predicted molar refractivity (Wildman–Crippen MR) is 113 cm³/mol. The van der Waals surface area contributed by atoms with Gasteiger partial charge in [-0.05, 0) is 49.4 Å². The topological polar surface area (TPSA) is 55.8 Å². The molecular weight excluding hydrogens is 352 g/mol. The van der Waals surface area contributed by atoms with E-state index in [0.717, 1.165) is 30.6 Å². The van der Waals surface area contributed by atoms with Crippen LogP contribution in [-0.2, 0) is 11.2 Å². The van der Waals surface area contributed by atoms with E-state index in [0.29, 0.717) is 11.9 Å². The normalized spacial score (nSPS) is 15.7. The summed E-state index contributed by atoms with van der Waals surface area (Å²) in [5, 5.41) is 8.70. The zero-order chi connectivity index (χ0) is 20.0. The Hall–Kier alpha value is -1.71. The first-order chi connectivity index (χ1) is 13.7. The summed E-state index contributed by atoms with van der Waals surface area (Å²) in [7, 11) is 0. The molecule has 4 nitrogen and oxygen atoms in total. The third-order valence-electron chi connectivity index (χ3n) is 5.55. The highest BCUT2D eigenvalue weighted by Gasteiger charge is 2.20. The molecule has 1 N–H and O–H groups in total. The van der Waals surface area contributed by atoms with Gasteiger partial charge < -0.3 is 14.6 Å². The third-order valence-corrected chi connectivity index (χ3v) is 5.55. The minimum atomic E-state index is -0.957. The second-order valence-electron chi connectivity index (χ2n) is 8.05. The van der Waals surface area contributed by atoms with Crippen LogP contribution in [0.2, 0.25) is 0 Å². The first kappa shape index (κ1) is 22.6. The molecule has 1 atom stereocenters. The Balaban J connectivity index is 1.53. The third kappa shape index (κ3) is 8.99. The lowest BCUT2D eigenvalue weighted by Crippen LogP contribution is -2.22. The molecule has 1 aromatic carbocycles. The molecule has 0 aromatic heterocycles. The van der Waals surface area contributed by atoms with E-state index in [4.69, 9.17) is 14.6 Å². The lowest BCUT2D eigenvalue weighted by molar-refractivity contribution is -0.139. The molecule has 0 aliphatic carbocycles. The van der Waals surface area contributed by atoms with Gasteiger partial charge in [0, 0.05) is 0 Å². The maximum atomic E-state index is 10.6. The molecule has 0 amide bonds. The van der Waals surface area contributed by atoms with E-state index < -0.39 is 5.97 Å². The number of hydrogen-bond donors (Lipinski definition) is 1. The molecular formula is C24H38O4. The molecule has 4 heteroatoms. The van der Waals surface area contributed by atoms with Crippen LogP contribution in [0.1, 0.15) is 96.0 Å². The molecule has 1 aliphatic rings. The number of fused-ring (bicyclic) bond motifs is 1. The van der Waals surface area contributed by atoms with E-state index in [1.807, 2.05) is 12.1 Å². The summed E-state index contributed by atoms with van der Waals surface area (Å²) in [4.78, 5) is 10.6. The van der Waals surface area contributed by atoms with Crippen molar-refractivity contribution in [1.82, 2.24) is 0 Å². The number of hydrogen-bond acceptors (Lipinski definition) is 3. The lowest BCUT2D eigenvalue weighted by atomic mass is 9.98. The van der Waals surface area contributed by atoms with Gasteiger partial charge in [0.25, 0.3) is 0 Å². The Morgan fingerprint density at radius 1 is 1.04 bits per heavy atom. The van der Waals surface area contributed by atoms with Crippen LogP contribution in [0.4, 0.5) is 0 Å². The van der Waals surface area contributed by atoms with Gasteiger partial charge in [-0.2, -0.15) is 0 Å². The van der Waals surface area contributed by atoms with Crippen molar-refractivity contribution in [2.24, 2.45) is 0 Å². The van der Waals surface area contributed by atoms with Crippen molar-refractivity contribution >= 4 is 5.97 Å². The first-order valence-electron chi connectivity index (χ1n) is 11.3. The Kier molecular flexibility index (Phi) is 10.9. The smallest absolute Gasteiger partial charge is 0.341 e. The second-order valence-corrected chi connectivity index (χ2v) is 8.05. The Morgan fingerprint density at radius 3 is 2.32 bits per heavy atom. The quantitative estimate of drug-likeness (QED) is 0.345. The van der Waals surface area contributed by atoms with Crippen molar-refractivity contribution in [3.05, 3.63) is 23.8 Å². The number of carbonyl (C=O) groups is 1. The Bertz CT molecular complexity index is 570. The van der Waals surface area contributed by atoms with Crippen LogP contribution in [0, 0.1) is 0 Å². The molecule has 1 heterocycles. The summed E-state index contributed by atoms with van der Waals surface area (Å²) in [6, 6.07) is 5.63. The summed E-state index contributed by atoms with van der Waals surface area (Å²) in [6.45, 7) is 1.97. The van der Waals surface area contributed by atoms with Gasteiger partial charge in [-0.15, -0.1) is 0 Å². The van der Waals surface area contributed by atoms with Gasteiger partial charge in [-0.25, -0.2) is 4.79 Å². The minimum absolute atomic E-state index is 0.304. The highest BCUT2D eigenvalue weighted by molar-refractivity contribution is 5.68. The standard InChI is InChI=1S/C24H38O4/c1-2-3-4-5-6-7-8-9-10-11-12-13-21-15-14-20-18-22(27-19-24(25)26)16-17-23(20)28-21/h16-18,21H,2-15,19H2,1H3,(H,25,26)/t21-/m1/s1. The molecule has 28 heavy (non-hydrogen) atoms. The molecule has 0 unspecified atom stereocenters. The van der Waals surface area contributed by atoms with E-state index in [1.165, 1.54) is 70.6 Å². The average Bonchev–Trinajstić information content (AvgIpc) is 2.70. The number of ether oxygens (including phenoxy) is 2. The van der Waals surface area contributed by atoms with Gasteiger partial charge in [0.05, 0.1) is 6.10 Å². The minimum Gasteiger partial charge on any atom is -0.490 e. The predicted octanol–water partition coefficient (Wildman–Crippen LogP) is 6.54. The van der Waals surface area contributed by atoms with Gasteiger partial charge >= 0.3 is 5.97 Å². The highest BCUT2D eigenvalue weighted by Crippen LogP contribution is 2.32. The maximum absolute atomic E-state index is 10.6. The van der Waals surface area contributed by atoms with Crippen LogP contribution in [0.25, 0.3) is 0 Å². The molecule has 0 spiro atoms. The highest BCUT2D eigenvalue weighted by atomic mass is 16.5. The van der Waals surface area contributed by atoms with Gasteiger partial charge in [0.2, 0.25) is 0 Å². The fourth-order valence-electron chi connectivity index (χ4n) is 3.90. The van der Waals surface area contributed by atoms with Crippen LogP contribution in [-0.4, -0.2) is 23.8 Å². The number of carboxylic acids is 1. The number of rotatable bonds is 15. The van der Waals surface area contributed by atoms with E-state index >= 15 is 0 Å². The van der Waals surface area contributed by atoms with Crippen LogP contribution in [0.3, 0.4) is 0 Å². The van der Waals surface area contributed by atoms with Gasteiger partial charge in [-0.1, -0.05) is 71.1 Å². The second kappa shape index (κ2) is 13.5. The molecule has 1 aromatic rings. The van der Waals surface area contributed by atoms with E-state index in [2.05, 4.69) is 6.92 Å². The molecule has 0 bridgehead atoms. The van der Waals surface area contributed by atoms with Gasteiger partial charge in [0.15, 0.2) is 6.61 Å². The largest absolute Gasteiger partial charge is 0.490 e. The van der Waals surface area contributed by atoms with E-state index in [-0.39, 0.29) is 6.61 Å². The molecule has 0 saturated heterocycles. The molecule has 0 fully saturated rings. The number of aryl methyl sites for hydroxylation is 1. The Labute approximate surface area is 170 Å². The van der Waals surface area contributed by atoms with Crippen molar-refractivity contribution < 1.29 is 19.4 Å². The molecule has 0 saturated carbocycles. The maximum Gasteiger partial charge on any atom is 0.341 e. The summed E-state index contributed by atoms with van der Waals surface area (Å²) >= 11 is 0. The zero-order valence-corrected chi connectivity index (χ0v) is 17.6. The van der Waals surface area contributed by atoms with E-state index in [1.54, 1.807) is 6.07 Å². The van der Waals surface area contributed by atoms with Gasteiger partial charge in [-0.3, -0.25) is 0 Å². The summed E-state index contributed by atoms with van der Waals surface area (Å²) in [5.41, 5.74) is 1.12. The van der Waals surface area contributed by atoms with Crippen LogP contribution in [0.5, 0.6) is 11.5 Å². The van der Waals surface area contributed by atoms with Crippen molar-refractivity contribution in [2.45, 2.75) is 103 Å². The first-order valence-corrected chi connectivity index (χ1v) is 11.3. The van der Waals surface area contributed by atoms with Crippen LogP contribution >= 0.6 is 0 Å². The SMILES string of the molecule is CCCCCCCCCCCCC[C@@H]1CCc2cc(OCC(=O)O)ccc2O1. The molecule has 2 rings (SSSR count). The van der Waals surface area contributed by atoms with E-state index in [9.17, 15) is 4.79 Å². The summed E-state index contributed by atoms with van der Waals surface area (Å²) in [5.74, 6) is 0.580. The van der Waals surface area contributed by atoms with Crippen molar-refractivity contribution in [3.63, 3.8) is 0 Å². The van der Waals surface area contributed by atoms with Gasteiger partial charge in [0.1, 0.15) is 11.5 Å². The van der Waals surface area contributed by atoms with Crippen molar-refractivity contribution in [1.29, 1.82) is 0 Å². The summed E-state index contributed by atoms with van der Waals surface area (Å²) < 4.78 is 11.4. The zero-order valence-electron chi connectivity index (χ0n) is 17.6.